The Hall–Kier alpha value is -0.500. The maximum absolute atomic E-state index is 14.3. The van der Waals surface area contributed by atoms with Crippen molar-refractivity contribution in [3.05, 3.63) is 28.0 Å². The predicted octanol–water partition coefficient (Wildman–Crippen LogP) is 2.78. The van der Waals surface area contributed by atoms with E-state index in [1.807, 2.05) is 0 Å². The predicted molar refractivity (Wildman–Crippen MR) is 84.0 cm³/mol. The minimum atomic E-state index is -3.81. The first-order chi connectivity index (χ1) is 9.94. The third-order valence-electron chi connectivity index (χ3n) is 3.51. The number of hydrogen-bond donors (Lipinski definition) is 2. The lowest BCUT2D eigenvalue weighted by Gasteiger charge is -2.11. The van der Waals surface area contributed by atoms with Crippen molar-refractivity contribution >= 4 is 26.0 Å². The van der Waals surface area contributed by atoms with Gasteiger partial charge in [-0.2, -0.15) is 0 Å². The fourth-order valence-electron chi connectivity index (χ4n) is 2.21. The summed E-state index contributed by atoms with van der Waals surface area (Å²) >= 11 is 3.23. The van der Waals surface area contributed by atoms with Crippen molar-refractivity contribution in [2.24, 2.45) is 5.92 Å². The molecule has 1 aliphatic rings. The van der Waals surface area contributed by atoms with Gasteiger partial charge >= 0.3 is 0 Å². The molecule has 0 spiro atoms. The van der Waals surface area contributed by atoms with E-state index in [2.05, 4.69) is 26.0 Å². The molecule has 0 amide bonds. The highest BCUT2D eigenvalue weighted by Gasteiger charge is 2.23. The number of benzene rings is 1. The Morgan fingerprint density at radius 2 is 2.10 bits per heavy atom. The minimum absolute atomic E-state index is 0.273. The van der Waals surface area contributed by atoms with Crippen LogP contribution in [0.1, 0.15) is 31.2 Å². The van der Waals surface area contributed by atoms with Gasteiger partial charge in [0.25, 0.3) is 0 Å². The van der Waals surface area contributed by atoms with Crippen LogP contribution in [-0.2, 0) is 16.6 Å². The Morgan fingerprint density at radius 1 is 1.38 bits per heavy atom. The number of rotatable bonds is 8. The van der Waals surface area contributed by atoms with Gasteiger partial charge in [0.1, 0.15) is 10.7 Å². The van der Waals surface area contributed by atoms with Gasteiger partial charge in [0, 0.05) is 23.1 Å². The first-order valence-corrected chi connectivity index (χ1v) is 9.34. The van der Waals surface area contributed by atoms with Gasteiger partial charge in [0.2, 0.25) is 10.0 Å². The van der Waals surface area contributed by atoms with Crippen LogP contribution in [0.25, 0.3) is 0 Å². The molecule has 0 bridgehead atoms. The van der Waals surface area contributed by atoms with Gasteiger partial charge in [-0.25, -0.2) is 17.5 Å². The Balaban J connectivity index is 2.09. The molecule has 1 aliphatic carbocycles. The molecule has 2 N–H and O–H groups in total. The first-order valence-electron chi connectivity index (χ1n) is 7.06. The lowest BCUT2D eigenvalue weighted by atomic mass is 10.2. The second kappa shape index (κ2) is 7.17. The zero-order valence-corrected chi connectivity index (χ0v) is 14.4. The third-order valence-corrected chi connectivity index (χ3v) is 5.43. The van der Waals surface area contributed by atoms with Crippen molar-refractivity contribution < 1.29 is 12.8 Å². The average Bonchev–Trinajstić information content (AvgIpc) is 3.23. The number of sulfonamides is 1. The van der Waals surface area contributed by atoms with E-state index in [9.17, 15) is 12.8 Å². The topological polar surface area (TPSA) is 58.2 Å². The molecule has 1 saturated carbocycles. The summed E-state index contributed by atoms with van der Waals surface area (Å²) in [7, 11) is -2.13. The molecule has 7 heteroatoms. The highest BCUT2D eigenvalue weighted by Crippen LogP contribution is 2.33. The smallest absolute Gasteiger partial charge is 0.243 e. The third kappa shape index (κ3) is 4.74. The first kappa shape index (κ1) is 16.9. The molecule has 1 aromatic carbocycles. The van der Waals surface area contributed by atoms with E-state index >= 15 is 0 Å². The quantitative estimate of drug-likeness (QED) is 0.683. The molecule has 0 radical (unpaired) electrons. The Morgan fingerprint density at radius 3 is 2.71 bits per heavy atom. The van der Waals surface area contributed by atoms with Gasteiger partial charge < -0.3 is 5.32 Å². The van der Waals surface area contributed by atoms with Crippen LogP contribution in [0.2, 0.25) is 0 Å². The van der Waals surface area contributed by atoms with Crippen molar-refractivity contribution in [2.45, 2.75) is 37.1 Å². The summed E-state index contributed by atoms with van der Waals surface area (Å²) in [6.45, 7) is 0.627. The molecule has 0 atom stereocenters. The van der Waals surface area contributed by atoms with Crippen molar-refractivity contribution in [3.63, 3.8) is 0 Å². The van der Waals surface area contributed by atoms with Gasteiger partial charge in [0.15, 0.2) is 0 Å². The van der Waals surface area contributed by atoms with E-state index in [4.69, 9.17) is 0 Å². The average molecular weight is 379 g/mol. The maximum Gasteiger partial charge on any atom is 0.243 e. The van der Waals surface area contributed by atoms with E-state index in [0.717, 1.165) is 18.8 Å². The van der Waals surface area contributed by atoms with E-state index < -0.39 is 15.8 Å². The molecule has 1 fully saturated rings. The Kier molecular flexibility index (Phi) is 5.76. The Bertz CT molecular complexity index is 603. The largest absolute Gasteiger partial charge is 0.316 e. The van der Waals surface area contributed by atoms with Crippen molar-refractivity contribution in [1.29, 1.82) is 0 Å². The van der Waals surface area contributed by atoms with Gasteiger partial charge in [-0.3, -0.25) is 0 Å². The van der Waals surface area contributed by atoms with Gasteiger partial charge in [-0.1, -0.05) is 28.8 Å². The summed E-state index contributed by atoms with van der Waals surface area (Å²) in [4.78, 5) is -0.298. The Labute approximate surface area is 133 Å². The van der Waals surface area contributed by atoms with Crippen molar-refractivity contribution in [2.75, 3.05) is 13.6 Å². The number of nitrogens with one attached hydrogen (secondary N) is 2. The monoisotopic (exact) mass is 378 g/mol. The highest BCUT2D eigenvalue weighted by molar-refractivity contribution is 9.10. The molecule has 0 heterocycles. The molecular formula is C14H20BrFN2O2S. The molecule has 2 rings (SSSR count). The molecule has 0 unspecified atom stereocenters. The summed E-state index contributed by atoms with van der Waals surface area (Å²) < 4.78 is 41.8. The highest BCUT2D eigenvalue weighted by atomic mass is 79.9. The normalized spacial score (nSPS) is 15.4. The van der Waals surface area contributed by atoms with E-state index in [-0.39, 0.29) is 11.4 Å². The standard InChI is InChI=1S/C14H20BrFN2O2S/c1-17-9-11-7-12(15)8-13(14(11)16)21(19,20)18-6-2-3-10-4-5-10/h7-8,10,17-18H,2-6,9H2,1H3. The molecule has 4 nitrogen and oxygen atoms in total. The molecule has 0 aromatic heterocycles. The van der Waals surface area contributed by atoms with Gasteiger partial charge in [-0.15, -0.1) is 0 Å². The summed E-state index contributed by atoms with van der Waals surface area (Å²) in [6, 6.07) is 2.88. The fourth-order valence-corrected chi connectivity index (χ4v) is 4.09. The molecule has 0 saturated heterocycles. The minimum Gasteiger partial charge on any atom is -0.316 e. The summed E-state index contributed by atoms with van der Waals surface area (Å²) in [6.07, 6.45) is 4.33. The summed E-state index contributed by atoms with van der Waals surface area (Å²) in [5.41, 5.74) is 0.324. The van der Waals surface area contributed by atoms with Crippen LogP contribution in [0.4, 0.5) is 4.39 Å². The van der Waals surface area contributed by atoms with Crippen LogP contribution in [0.15, 0.2) is 21.5 Å². The van der Waals surface area contributed by atoms with Crippen LogP contribution < -0.4 is 10.0 Å². The van der Waals surface area contributed by atoms with Crippen LogP contribution in [0.3, 0.4) is 0 Å². The second-order valence-corrected chi connectivity index (χ2v) is 8.04. The van der Waals surface area contributed by atoms with Gasteiger partial charge in [0.05, 0.1) is 0 Å². The maximum atomic E-state index is 14.3. The van der Waals surface area contributed by atoms with E-state index in [1.165, 1.54) is 18.9 Å². The summed E-state index contributed by atoms with van der Waals surface area (Å²) in [5, 5.41) is 2.83. The zero-order chi connectivity index (χ0) is 15.5. The lowest BCUT2D eigenvalue weighted by Crippen LogP contribution is -2.26. The van der Waals surface area contributed by atoms with Crippen LogP contribution in [0, 0.1) is 11.7 Å². The molecule has 1 aromatic rings. The molecular weight excluding hydrogens is 359 g/mol. The summed E-state index contributed by atoms with van der Waals surface area (Å²) in [5.74, 6) is 0.0709. The van der Waals surface area contributed by atoms with E-state index in [0.29, 0.717) is 16.6 Å². The number of halogens is 2. The number of hydrogen-bond acceptors (Lipinski definition) is 3. The van der Waals surface area contributed by atoms with Crippen LogP contribution in [-0.4, -0.2) is 22.0 Å². The molecule has 21 heavy (non-hydrogen) atoms. The van der Waals surface area contributed by atoms with Gasteiger partial charge in [-0.05, 0) is 37.9 Å². The van der Waals surface area contributed by atoms with E-state index in [1.54, 1.807) is 13.1 Å². The SMILES string of the molecule is CNCc1cc(Br)cc(S(=O)(=O)NCCCC2CC2)c1F. The van der Waals surface area contributed by atoms with Crippen LogP contribution >= 0.6 is 15.9 Å². The second-order valence-electron chi connectivity index (χ2n) is 5.39. The molecule has 0 aliphatic heterocycles. The lowest BCUT2D eigenvalue weighted by molar-refractivity contribution is 0.542. The van der Waals surface area contributed by atoms with Crippen LogP contribution in [0.5, 0.6) is 0 Å². The van der Waals surface area contributed by atoms with Crippen molar-refractivity contribution in [1.82, 2.24) is 10.0 Å². The molecule has 118 valence electrons. The zero-order valence-electron chi connectivity index (χ0n) is 12.0. The van der Waals surface area contributed by atoms with Crippen molar-refractivity contribution in [3.8, 4) is 0 Å². The fraction of sp³-hybridized carbons (Fsp3) is 0.571.